The first-order valence-corrected chi connectivity index (χ1v) is 16.3. The molecule has 1 aliphatic heterocycles. The van der Waals surface area contributed by atoms with Crippen molar-refractivity contribution in [2.24, 2.45) is 0 Å². The molecular formula is C27H33N2O5S2Se+. The van der Waals surface area contributed by atoms with Gasteiger partial charge in [-0.15, -0.1) is 0 Å². The third-order valence-electron chi connectivity index (χ3n) is 6.31. The van der Waals surface area contributed by atoms with Crippen molar-refractivity contribution in [3.05, 3.63) is 57.1 Å². The summed E-state index contributed by atoms with van der Waals surface area (Å²) < 4.78 is 48.0. The third-order valence-corrected chi connectivity index (χ3v) is 10.5. The van der Waals surface area contributed by atoms with Crippen LogP contribution in [0.5, 0.6) is 11.5 Å². The van der Waals surface area contributed by atoms with Crippen LogP contribution in [0.2, 0.25) is 0 Å². The maximum absolute atomic E-state index is 11.4. The van der Waals surface area contributed by atoms with Crippen molar-refractivity contribution in [1.29, 1.82) is 0 Å². The number of benzene rings is 2. The summed E-state index contributed by atoms with van der Waals surface area (Å²) in [5.74, 6) is 1.42. The monoisotopic (exact) mass is 609 g/mol. The minimum atomic E-state index is -4.01. The topological polar surface area (TPSA) is 80.0 Å². The summed E-state index contributed by atoms with van der Waals surface area (Å²) in [6.45, 7) is 7.69. The standard InChI is InChI=1S/C27H32N2O5S2Se/c1-6-19(15-27-28(7-2)22-16-20(33-4)9-10-25(22)37-27)14-26-29(11-8-12-36(30,31)32)21-13-18(3)23(34-5)17-24(21)35-26/h9-10,13-17H,6-8,11-12H2,1-5H3/p+1. The molecule has 0 saturated carbocycles. The Labute approximate surface area is 229 Å². The summed E-state index contributed by atoms with van der Waals surface area (Å²) in [5.41, 5.74) is 4.47. The Hall–Kier alpha value is -2.23. The number of ether oxygens (including phenoxy) is 2. The molecular weight excluding hydrogens is 575 g/mol. The molecule has 0 saturated heterocycles. The first-order valence-electron chi connectivity index (χ1n) is 12.2. The summed E-state index contributed by atoms with van der Waals surface area (Å²) in [5, 5.41) is 1.04. The van der Waals surface area contributed by atoms with Crippen molar-refractivity contribution in [1.82, 2.24) is 0 Å². The van der Waals surface area contributed by atoms with Crippen molar-refractivity contribution in [2.45, 2.75) is 45.1 Å². The first kappa shape index (κ1) is 27.8. The van der Waals surface area contributed by atoms with Crippen molar-refractivity contribution in [3.63, 3.8) is 0 Å². The van der Waals surface area contributed by atoms with E-state index in [1.807, 2.05) is 19.1 Å². The number of hydrogen-bond donors (Lipinski definition) is 1. The zero-order chi connectivity index (χ0) is 26.7. The SMILES string of the molecule is CCC(/C=C1\Sc2cc(OC)c(C)cc2N1CCCS(=O)(=O)O)=C\c1[se]c2ccc(OC)cc2[n+]1CC. The van der Waals surface area contributed by atoms with Crippen molar-refractivity contribution >= 4 is 57.9 Å². The predicted octanol–water partition coefficient (Wildman–Crippen LogP) is 5.05. The molecule has 0 bridgehead atoms. The van der Waals surface area contributed by atoms with Crippen LogP contribution in [-0.2, 0) is 16.7 Å². The Balaban J connectivity index is 1.74. The molecule has 198 valence electrons. The van der Waals surface area contributed by atoms with Crippen LogP contribution in [0, 0.1) is 6.92 Å². The number of aryl methyl sites for hydroxylation is 2. The van der Waals surface area contributed by atoms with Gasteiger partial charge in [-0.3, -0.25) is 0 Å². The van der Waals surface area contributed by atoms with E-state index in [0.29, 0.717) is 13.0 Å². The summed E-state index contributed by atoms with van der Waals surface area (Å²) in [4.78, 5) is 3.23. The molecule has 0 unspecified atom stereocenters. The molecule has 4 rings (SSSR count). The molecule has 10 heteroatoms. The van der Waals surface area contributed by atoms with E-state index >= 15 is 0 Å². The second-order valence-corrected chi connectivity index (χ2v) is 13.6. The zero-order valence-electron chi connectivity index (χ0n) is 21.8. The second-order valence-electron chi connectivity index (χ2n) is 8.76. The first-order chi connectivity index (χ1) is 17.7. The van der Waals surface area contributed by atoms with Gasteiger partial charge in [-0.2, -0.15) is 0 Å². The normalized spacial score (nSPS) is 15.0. The van der Waals surface area contributed by atoms with Gasteiger partial charge in [0, 0.05) is 0 Å². The summed E-state index contributed by atoms with van der Waals surface area (Å²) in [6.07, 6.45) is 5.70. The van der Waals surface area contributed by atoms with Crippen LogP contribution in [0.1, 0.15) is 36.8 Å². The Morgan fingerprint density at radius 2 is 1.97 bits per heavy atom. The summed E-state index contributed by atoms with van der Waals surface area (Å²) in [7, 11) is -0.652. The van der Waals surface area contributed by atoms with Gasteiger partial charge >= 0.3 is 230 Å². The molecule has 0 atom stereocenters. The van der Waals surface area contributed by atoms with Crippen LogP contribution in [0.4, 0.5) is 5.69 Å². The number of rotatable bonds is 10. The van der Waals surface area contributed by atoms with Crippen LogP contribution in [0.15, 0.2) is 51.9 Å². The minimum absolute atomic E-state index is 0.196. The maximum atomic E-state index is 11.4. The van der Waals surface area contributed by atoms with Crippen LogP contribution < -0.4 is 18.9 Å². The van der Waals surface area contributed by atoms with Crippen LogP contribution in [-0.4, -0.2) is 54.0 Å². The molecule has 0 amide bonds. The molecule has 1 N–H and O–H groups in total. The van der Waals surface area contributed by atoms with Crippen LogP contribution in [0.3, 0.4) is 0 Å². The number of fused-ring (bicyclic) bond motifs is 2. The molecule has 0 spiro atoms. The molecule has 1 aromatic heterocycles. The number of anilines is 1. The average Bonchev–Trinajstić information content (AvgIpc) is 3.38. The number of hydrogen-bond acceptors (Lipinski definition) is 6. The molecule has 0 aliphatic carbocycles. The van der Waals surface area contributed by atoms with Crippen molar-refractivity contribution in [3.8, 4) is 11.5 Å². The van der Waals surface area contributed by atoms with Gasteiger partial charge in [-0.05, 0) is 0 Å². The van der Waals surface area contributed by atoms with Gasteiger partial charge in [0.15, 0.2) is 0 Å². The second kappa shape index (κ2) is 11.7. The van der Waals surface area contributed by atoms with E-state index in [1.54, 1.807) is 26.0 Å². The van der Waals surface area contributed by atoms with Gasteiger partial charge in [-0.25, -0.2) is 0 Å². The molecule has 2 aromatic carbocycles. The van der Waals surface area contributed by atoms with E-state index in [-0.39, 0.29) is 20.3 Å². The fourth-order valence-electron chi connectivity index (χ4n) is 4.40. The molecule has 0 radical (unpaired) electrons. The van der Waals surface area contributed by atoms with E-state index in [1.165, 1.54) is 19.9 Å². The Kier molecular flexibility index (Phi) is 8.76. The van der Waals surface area contributed by atoms with Crippen molar-refractivity contribution in [2.75, 3.05) is 31.4 Å². The number of methoxy groups -OCH3 is 2. The molecule has 1 aliphatic rings. The molecule has 37 heavy (non-hydrogen) atoms. The van der Waals surface area contributed by atoms with Crippen molar-refractivity contribution < 1.29 is 27.0 Å². The van der Waals surface area contributed by atoms with Gasteiger partial charge < -0.3 is 0 Å². The number of aromatic nitrogens is 1. The quantitative estimate of drug-likeness (QED) is 0.196. The predicted molar refractivity (Wildman–Crippen MR) is 152 cm³/mol. The van der Waals surface area contributed by atoms with Gasteiger partial charge in [0.25, 0.3) is 0 Å². The van der Waals surface area contributed by atoms with Crippen LogP contribution in [0.25, 0.3) is 15.9 Å². The van der Waals surface area contributed by atoms with E-state index < -0.39 is 10.1 Å². The summed E-state index contributed by atoms with van der Waals surface area (Å²) >= 11 is 1.86. The fourth-order valence-corrected chi connectivity index (χ4v) is 8.55. The van der Waals surface area contributed by atoms with Crippen LogP contribution >= 0.6 is 11.8 Å². The zero-order valence-corrected chi connectivity index (χ0v) is 25.1. The molecule has 2 heterocycles. The van der Waals surface area contributed by atoms with E-state index in [2.05, 4.69) is 53.7 Å². The summed E-state index contributed by atoms with van der Waals surface area (Å²) in [6, 6.07) is 10.4. The van der Waals surface area contributed by atoms with E-state index in [4.69, 9.17) is 9.47 Å². The van der Waals surface area contributed by atoms with E-state index in [0.717, 1.165) is 45.6 Å². The Bertz CT molecular complexity index is 1480. The molecule has 7 nitrogen and oxygen atoms in total. The van der Waals surface area contributed by atoms with Gasteiger partial charge in [-0.1, -0.05) is 0 Å². The Morgan fingerprint density at radius 1 is 1.19 bits per heavy atom. The average molecular weight is 609 g/mol. The number of nitrogens with zero attached hydrogens (tertiary/aromatic N) is 2. The third kappa shape index (κ3) is 6.26. The molecule has 0 fully saturated rings. The number of thioether (sulfide) groups is 1. The van der Waals surface area contributed by atoms with Gasteiger partial charge in [0.1, 0.15) is 0 Å². The van der Waals surface area contributed by atoms with Gasteiger partial charge in [0.2, 0.25) is 0 Å². The Morgan fingerprint density at radius 3 is 2.62 bits per heavy atom. The fraction of sp³-hybridized carbons (Fsp3) is 0.370. The number of allylic oxidation sites excluding steroid dienone is 2. The van der Waals surface area contributed by atoms with E-state index in [9.17, 15) is 13.0 Å². The van der Waals surface area contributed by atoms with Gasteiger partial charge in [0.05, 0.1) is 0 Å². The molecule has 3 aromatic rings.